The molecule has 0 unspecified atom stereocenters. The summed E-state index contributed by atoms with van der Waals surface area (Å²) in [6.07, 6.45) is 5.66. The van der Waals surface area contributed by atoms with Crippen molar-refractivity contribution >= 4 is 23.4 Å². The van der Waals surface area contributed by atoms with E-state index in [1.54, 1.807) is 19.4 Å². The van der Waals surface area contributed by atoms with E-state index in [4.69, 9.17) is 26.1 Å². The van der Waals surface area contributed by atoms with Crippen LogP contribution in [0.5, 0.6) is 5.75 Å². The van der Waals surface area contributed by atoms with Crippen LogP contribution >= 0.6 is 11.6 Å². The highest BCUT2D eigenvalue weighted by Crippen LogP contribution is 2.39. The van der Waals surface area contributed by atoms with E-state index in [-0.39, 0.29) is 25.0 Å². The molecule has 3 aliphatic rings. The molecular weight excluding hydrogens is 544 g/mol. The van der Waals surface area contributed by atoms with Crippen LogP contribution in [0.4, 0.5) is 0 Å². The topological polar surface area (TPSA) is 114 Å². The van der Waals surface area contributed by atoms with Crippen molar-refractivity contribution in [2.75, 3.05) is 33.5 Å². The van der Waals surface area contributed by atoms with Gasteiger partial charge in [0.2, 0.25) is 5.91 Å². The summed E-state index contributed by atoms with van der Waals surface area (Å²) in [6, 6.07) is 11.3. The normalized spacial score (nSPS) is 20.2. The molecule has 1 aromatic heterocycles. The lowest BCUT2D eigenvalue weighted by atomic mass is 9.92. The smallest absolute Gasteiger partial charge is 0.254 e. The van der Waals surface area contributed by atoms with Gasteiger partial charge < -0.3 is 24.8 Å². The van der Waals surface area contributed by atoms with E-state index in [1.165, 1.54) is 4.90 Å². The van der Waals surface area contributed by atoms with E-state index in [0.29, 0.717) is 40.9 Å². The van der Waals surface area contributed by atoms with Crippen LogP contribution in [0.25, 0.3) is 11.3 Å². The fraction of sp³-hybridized carbons (Fsp3) is 0.419. The summed E-state index contributed by atoms with van der Waals surface area (Å²) in [5.41, 5.74) is 3.71. The molecule has 3 heterocycles. The number of fused-ring (bicyclic) bond motifs is 2. The van der Waals surface area contributed by atoms with Gasteiger partial charge in [0, 0.05) is 43.5 Å². The average molecular weight is 577 g/mol. The second-order valence-electron chi connectivity index (χ2n) is 11.1. The van der Waals surface area contributed by atoms with Crippen molar-refractivity contribution in [1.29, 1.82) is 0 Å². The fourth-order valence-corrected chi connectivity index (χ4v) is 6.39. The first-order chi connectivity index (χ1) is 19.9. The molecule has 10 heteroatoms. The first-order valence-corrected chi connectivity index (χ1v) is 14.4. The number of rotatable bonds is 8. The zero-order valence-electron chi connectivity index (χ0n) is 23.0. The largest absolute Gasteiger partial charge is 0.497 e. The van der Waals surface area contributed by atoms with Crippen molar-refractivity contribution in [3.63, 3.8) is 0 Å². The number of aromatic nitrogens is 2. The van der Waals surface area contributed by atoms with Crippen LogP contribution in [-0.4, -0.2) is 65.3 Å². The van der Waals surface area contributed by atoms with E-state index >= 15 is 0 Å². The summed E-state index contributed by atoms with van der Waals surface area (Å²) in [4.78, 5) is 37.3. The highest BCUT2D eigenvalue weighted by Gasteiger charge is 2.41. The summed E-state index contributed by atoms with van der Waals surface area (Å²) in [6.45, 7) is 1.48. The van der Waals surface area contributed by atoms with Gasteiger partial charge in [0.1, 0.15) is 18.1 Å². The van der Waals surface area contributed by atoms with Gasteiger partial charge in [0.05, 0.1) is 30.0 Å². The molecule has 9 nitrogen and oxygen atoms in total. The quantitative estimate of drug-likeness (QED) is 0.420. The number of nitrogens with zero attached hydrogens (tertiary/aromatic N) is 3. The zero-order chi connectivity index (χ0) is 28.6. The number of halogens is 1. The van der Waals surface area contributed by atoms with Crippen molar-refractivity contribution in [3.05, 3.63) is 75.7 Å². The van der Waals surface area contributed by atoms with Gasteiger partial charge in [-0.05, 0) is 66.5 Å². The Balaban J connectivity index is 1.16. The molecule has 0 saturated carbocycles. The number of aliphatic hydroxyl groups is 1. The Morgan fingerprint density at radius 3 is 2.80 bits per heavy atom. The third kappa shape index (κ3) is 5.41. The van der Waals surface area contributed by atoms with E-state index in [9.17, 15) is 14.7 Å². The Bertz CT molecular complexity index is 1490. The number of aryl methyl sites for hydroxylation is 1. The molecule has 1 fully saturated rings. The van der Waals surface area contributed by atoms with E-state index in [0.717, 1.165) is 67.0 Å². The maximum absolute atomic E-state index is 13.4. The minimum atomic E-state index is -0.907. The molecule has 214 valence electrons. The minimum absolute atomic E-state index is 0.118. The number of benzene rings is 2. The van der Waals surface area contributed by atoms with Crippen LogP contribution in [0.3, 0.4) is 0 Å². The molecule has 0 radical (unpaired) electrons. The second kappa shape index (κ2) is 11.4. The molecule has 1 saturated heterocycles. The molecular formula is C31H33ClN4O5. The van der Waals surface area contributed by atoms with Gasteiger partial charge in [0.25, 0.3) is 5.91 Å². The Morgan fingerprint density at radius 1 is 1.22 bits per heavy atom. The van der Waals surface area contributed by atoms with Gasteiger partial charge in [-0.2, -0.15) is 0 Å². The number of aliphatic hydroxyl groups excluding tert-OH is 1. The van der Waals surface area contributed by atoms with Gasteiger partial charge in [0.15, 0.2) is 0 Å². The summed E-state index contributed by atoms with van der Waals surface area (Å²) in [5, 5.41) is 13.8. The van der Waals surface area contributed by atoms with Gasteiger partial charge in [-0.15, -0.1) is 0 Å². The Morgan fingerprint density at radius 2 is 2.02 bits per heavy atom. The highest BCUT2D eigenvalue weighted by atomic mass is 35.5. The van der Waals surface area contributed by atoms with Crippen LogP contribution in [0.15, 0.2) is 42.6 Å². The Labute approximate surface area is 243 Å². The summed E-state index contributed by atoms with van der Waals surface area (Å²) >= 11 is 6.50. The van der Waals surface area contributed by atoms with Crippen molar-refractivity contribution in [1.82, 2.24) is 20.2 Å². The van der Waals surface area contributed by atoms with E-state index in [2.05, 4.69) is 10.3 Å². The lowest BCUT2D eigenvalue weighted by molar-refractivity contribution is -0.124. The SMILES string of the molecule is COc1ccc2c(c1)[C@](CO)(NC(=O)CN1Cc3ccc(-c4nc(CC5CCOCC5)ncc4Cl)cc3C1=O)CC2. The molecule has 2 amide bonds. The van der Waals surface area contributed by atoms with Crippen molar-refractivity contribution in [2.45, 2.75) is 44.2 Å². The summed E-state index contributed by atoms with van der Waals surface area (Å²) in [7, 11) is 1.59. The lowest BCUT2D eigenvalue weighted by Gasteiger charge is -2.30. The molecule has 0 spiro atoms. The van der Waals surface area contributed by atoms with Crippen molar-refractivity contribution in [2.24, 2.45) is 5.92 Å². The van der Waals surface area contributed by atoms with Crippen LogP contribution in [0, 0.1) is 5.92 Å². The number of hydrogen-bond acceptors (Lipinski definition) is 7. The number of amides is 2. The minimum Gasteiger partial charge on any atom is -0.497 e. The highest BCUT2D eigenvalue weighted by molar-refractivity contribution is 6.32. The number of carbonyl (C=O) groups is 2. The van der Waals surface area contributed by atoms with Gasteiger partial charge >= 0.3 is 0 Å². The third-order valence-corrected chi connectivity index (χ3v) is 8.78. The predicted octanol–water partition coefficient (Wildman–Crippen LogP) is 3.68. The summed E-state index contributed by atoms with van der Waals surface area (Å²) in [5.74, 6) is 1.32. The van der Waals surface area contributed by atoms with Gasteiger partial charge in [-0.25, -0.2) is 9.97 Å². The lowest BCUT2D eigenvalue weighted by Crippen LogP contribution is -2.50. The zero-order valence-corrected chi connectivity index (χ0v) is 23.7. The van der Waals surface area contributed by atoms with Gasteiger partial charge in [-0.1, -0.05) is 29.8 Å². The number of hydrogen-bond donors (Lipinski definition) is 2. The molecule has 41 heavy (non-hydrogen) atoms. The molecule has 3 aromatic rings. The molecule has 2 aromatic carbocycles. The van der Waals surface area contributed by atoms with Crippen molar-refractivity contribution in [3.8, 4) is 17.0 Å². The Kier molecular flexibility index (Phi) is 7.68. The molecule has 2 N–H and O–H groups in total. The maximum Gasteiger partial charge on any atom is 0.254 e. The maximum atomic E-state index is 13.4. The Hall–Kier alpha value is -3.53. The first-order valence-electron chi connectivity index (χ1n) is 14.0. The fourth-order valence-electron chi connectivity index (χ4n) is 6.19. The van der Waals surface area contributed by atoms with Crippen LogP contribution in [0.2, 0.25) is 5.02 Å². The first kappa shape index (κ1) is 27.6. The average Bonchev–Trinajstić information content (AvgIpc) is 3.50. The molecule has 1 aliphatic carbocycles. The predicted molar refractivity (Wildman–Crippen MR) is 153 cm³/mol. The standard InChI is InChI=1S/C31H33ClN4O5/c1-40-23-5-4-20-6-9-31(18-37,25(20)14-23)35-28(38)17-36-16-22-3-2-21(13-24(22)30(36)39)29-26(32)15-33-27(34-29)12-19-7-10-41-11-8-19/h2-5,13-15,19,37H,6-12,16-18H2,1H3,(H,35,38)/t31-/m0/s1. The molecule has 6 rings (SSSR count). The second-order valence-corrected chi connectivity index (χ2v) is 11.5. The number of nitrogens with one attached hydrogen (secondary N) is 1. The third-order valence-electron chi connectivity index (χ3n) is 8.51. The van der Waals surface area contributed by atoms with Crippen LogP contribution in [0.1, 0.15) is 52.1 Å². The van der Waals surface area contributed by atoms with E-state index in [1.807, 2.05) is 30.3 Å². The summed E-state index contributed by atoms with van der Waals surface area (Å²) < 4.78 is 10.8. The van der Waals surface area contributed by atoms with E-state index < -0.39 is 5.54 Å². The number of carbonyl (C=O) groups excluding carboxylic acids is 2. The molecule has 1 atom stereocenters. The van der Waals surface area contributed by atoms with Gasteiger partial charge in [-0.3, -0.25) is 9.59 Å². The number of ether oxygens (including phenoxy) is 2. The monoisotopic (exact) mass is 576 g/mol. The molecule has 0 bridgehead atoms. The van der Waals surface area contributed by atoms with Crippen LogP contribution < -0.4 is 10.1 Å². The van der Waals surface area contributed by atoms with Crippen molar-refractivity contribution < 1.29 is 24.2 Å². The molecule has 2 aliphatic heterocycles. The van der Waals surface area contributed by atoms with Crippen LogP contribution in [-0.2, 0) is 34.5 Å². The number of methoxy groups -OCH3 is 1.